The number of fused-ring (bicyclic) bond motifs is 2. The number of pyridine rings is 1. The number of amides is 6. The first-order chi connectivity index (χ1) is 43.5. The molecule has 7 N–H and O–H groups in total. The quantitative estimate of drug-likeness (QED) is 0.0146. The molecule has 1 aliphatic carbocycles. The lowest BCUT2D eigenvalue weighted by atomic mass is 10.0. The molecule has 0 radical (unpaired) electrons. The first-order valence-electron chi connectivity index (χ1n) is 31.4. The summed E-state index contributed by atoms with van der Waals surface area (Å²) in [6, 6.07) is 7.23. The number of ketones is 1. The molecule has 0 spiro atoms. The Morgan fingerprint density at radius 1 is 0.667 bits per heavy atom. The number of aliphatic carboxylic acids is 2. The number of nitrogens with one attached hydrogen (secondary N) is 5. The molecule has 2 aliphatic rings. The van der Waals surface area contributed by atoms with E-state index in [1.807, 2.05) is 19.1 Å². The summed E-state index contributed by atoms with van der Waals surface area (Å²) in [6.45, 7) is 4.58. The van der Waals surface area contributed by atoms with Crippen LogP contribution in [-0.2, 0) is 70.4 Å². The summed E-state index contributed by atoms with van der Waals surface area (Å²) < 4.78 is 23.7. The highest BCUT2D eigenvalue weighted by Crippen LogP contribution is 2.50. The number of aromatic nitrogens is 5. The van der Waals surface area contributed by atoms with E-state index in [4.69, 9.17) is 24.1 Å². The fourth-order valence-electron chi connectivity index (χ4n) is 10.6. The summed E-state index contributed by atoms with van der Waals surface area (Å²) in [5.41, 5.74) is 2.93. The SMILES string of the molecule is CC(=O)c1nn(CC(=O)N2C[C@H]3C[C@H]3[C@H]2C(=O)Nc2nc(Br)ccc2C)c2ccc(-c3cnc(CNC(=O)COCCOCCNC(=O)COCCOCCNC(=O)CC[C@H](NC(=O)CCCCCCCCCCCCCCCCC(=O)O)C(=O)O)nc3)cc12. The maximum atomic E-state index is 13.9. The van der Waals surface area contributed by atoms with Crippen LogP contribution in [0.25, 0.3) is 22.0 Å². The molecule has 4 aromatic rings. The second-order valence-electron chi connectivity index (χ2n) is 22.8. The minimum atomic E-state index is -1.20. The lowest BCUT2D eigenvalue weighted by molar-refractivity contribution is -0.142. The number of nitrogens with zero attached hydrogens (tertiary/aromatic N) is 6. The van der Waals surface area contributed by atoms with Gasteiger partial charge in [-0.1, -0.05) is 89.2 Å². The van der Waals surface area contributed by atoms with Crippen LogP contribution in [0.4, 0.5) is 5.82 Å². The number of piperidine rings is 1. The van der Waals surface area contributed by atoms with Crippen LogP contribution in [0.15, 0.2) is 47.3 Å². The van der Waals surface area contributed by atoms with Gasteiger partial charge in [0.15, 0.2) is 5.78 Å². The molecule has 2 fully saturated rings. The Morgan fingerprint density at radius 3 is 1.84 bits per heavy atom. The van der Waals surface area contributed by atoms with Crippen LogP contribution in [0, 0.1) is 18.8 Å². The molecule has 6 rings (SSSR count). The van der Waals surface area contributed by atoms with E-state index in [9.17, 15) is 48.3 Å². The zero-order valence-electron chi connectivity index (χ0n) is 51.7. The number of ether oxygens (including phenoxy) is 4. The van der Waals surface area contributed by atoms with E-state index in [1.165, 1.54) is 50.1 Å². The van der Waals surface area contributed by atoms with Gasteiger partial charge in [0.25, 0.3) is 0 Å². The molecule has 0 unspecified atom stereocenters. The molecule has 3 aromatic heterocycles. The fourth-order valence-corrected chi connectivity index (χ4v) is 10.9. The lowest BCUT2D eigenvalue weighted by Crippen LogP contribution is -2.47. The highest BCUT2D eigenvalue weighted by atomic mass is 79.9. The monoisotopic (exact) mass is 1320 g/mol. The zero-order valence-corrected chi connectivity index (χ0v) is 53.3. The number of unbranched alkanes of at least 4 members (excludes halogenated alkanes) is 13. The molecule has 1 saturated carbocycles. The number of rotatable bonds is 46. The molecule has 4 atom stereocenters. The Balaban J connectivity index is 0.729. The second-order valence-corrected chi connectivity index (χ2v) is 23.6. The second kappa shape index (κ2) is 39.0. The number of carbonyl (C=O) groups excluding carboxylic acids is 7. The van der Waals surface area contributed by atoms with Crippen molar-refractivity contribution in [1.82, 2.24) is 50.9 Å². The maximum absolute atomic E-state index is 13.9. The van der Waals surface area contributed by atoms with E-state index in [2.05, 4.69) is 62.6 Å². The van der Waals surface area contributed by atoms with E-state index in [-0.39, 0.29) is 163 Å². The summed E-state index contributed by atoms with van der Waals surface area (Å²) in [5, 5.41) is 36.9. The molecule has 6 amide bonds. The average Bonchev–Trinajstić information content (AvgIpc) is 1.59. The first kappa shape index (κ1) is 71.7. The van der Waals surface area contributed by atoms with E-state index in [0.29, 0.717) is 51.2 Å². The topological polar surface area (TPSA) is 351 Å². The van der Waals surface area contributed by atoms with Crippen LogP contribution in [0.3, 0.4) is 0 Å². The van der Waals surface area contributed by atoms with Gasteiger partial charge in [0.2, 0.25) is 35.4 Å². The Bertz CT molecular complexity index is 3020. The molecule has 90 heavy (non-hydrogen) atoms. The minimum Gasteiger partial charge on any atom is -0.481 e. The van der Waals surface area contributed by atoms with Gasteiger partial charge in [0.05, 0.1) is 51.7 Å². The minimum absolute atomic E-state index is 0.0450. The molecule has 27 heteroatoms. The van der Waals surface area contributed by atoms with Crippen molar-refractivity contribution in [2.24, 2.45) is 11.8 Å². The number of aryl methyl sites for hydroxylation is 1. The Labute approximate surface area is 533 Å². The van der Waals surface area contributed by atoms with Crippen molar-refractivity contribution in [3.63, 3.8) is 0 Å². The number of halogens is 1. The number of carboxylic acids is 2. The molecular weight excluding hydrogens is 1230 g/mol. The molecule has 1 aromatic carbocycles. The Morgan fingerprint density at radius 2 is 1.24 bits per heavy atom. The molecule has 1 aliphatic heterocycles. The normalized spacial score (nSPS) is 15.2. The van der Waals surface area contributed by atoms with Gasteiger partial charge in [-0.25, -0.2) is 19.7 Å². The smallest absolute Gasteiger partial charge is 0.326 e. The molecule has 1 saturated heterocycles. The van der Waals surface area contributed by atoms with Crippen LogP contribution < -0.4 is 26.6 Å². The summed E-state index contributed by atoms with van der Waals surface area (Å²) in [4.78, 5) is 127. The van der Waals surface area contributed by atoms with Gasteiger partial charge < -0.3 is 60.6 Å². The molecule has 492 valence electrons. The van der Waals surface area contributed by atoms with E-state index in [0.717, 1.165) is 56.9 Å². The van der Waals surface area contributed by atoms with Crippen molar-refractivity contribution in [2.75, 3.05) is 77.8 Å². The number of carboxylic acid groups (broad SMARTS) is 2. The first-order valence-corrected chi connectivity index (χ1v) is 32.2. The Kier molecular flexibility index (Phi) is 31.1. The summed E-state index contributed by atoms with van der Waals surface area (Å²) in [6.07, 6.45) is 19.3. The van der Waals surface area contributed by atoms with Crippen molar-refractivity contribution in [3.8, 4) is 11.1 Å². The van der Waals surface area contributed by atoms with Gasteiger partial charge in [-0.05, 0) is 89.7 Å². The van der Waals surface area contributed by atoms with Gasteiger partial charge >= 0.3 is 11.9 Å². The third-order valence-corrected chi connectivity index (χ3v) is 16.0. The van der Waals surface area contributed by atoms with Gasteiger partial charge in [-0.15, -0.1) is 0 Å². The van der Waals surface area contributed by atoms with Gasteiger partial charge in [0, 0.05) is 69.2 Å². The van der Waals surface area contributed by atoms with Crippen LogP contribution in [-0.4, -0.2) is 178 Å². The predicted molar refractivity (Wildman–Crippen MR) is 335 cm³/mol. The largest absolute Gasteiger partial charge is 0.481 e. The molecule has 4 heterocycles. The highest BCUT2D eigenvalue weighted by molar-refractivity contribution is 9.10. The number of benzene rings is 1. The number of carbonyl (C=O) groups is 9. The van der Waals surface area contributed by atoms with Gasteiger partial charge in [-0.3, -0.25) is 43.0 Å². The van der Waals surface area contributed by atoms with E-state index >= 15 is 0 Å². The zero-order chi connectivity index (χ0) is 64.6. The maximum Gasteiger partial charge on any atom is 0.326 e. The third kappa shape index (κ3) is 25.5. The van der Waals surface area contributed by atoms with E-state index < -0.39 is 24.0 Å². The Hall–Kier alpha value is -7.33. The number of hydrogen-bond acceptors (Lipinski definition) is 17. The predicted octanol–water partition coefficient (Wildman–Crippen LogP) is 6.24. The summed E-state index contributed by atoms with van der Waals surface area (Å²) >= 11 is 3.35. The van der Waals surface area contributed by atoms with Crippen LogP contribution >= 0.6 is 15.9 Å². The van der Waals surface area contributed by atoms with E-state index in [1.54, 1.807) is 35.5 Å². The van der Waals surface area contributed by atoms with Crippen LogP contribution in [0.2, 0.25) is 0 Å². The van der Waals surface area contributed by atoms with Crippen molar-refractivity contribution in [2.45, 2.75) is 161 Å². The molecular formula is C63H88BrN11O15. The highest BCUT2D eigenvalue weighted by Gasteiger charge is 2.57. The van der Waals surface area contributed by atoms with Crippen molar-refractivity contribution in [1.29, 1.82) is 0 Å². The number of Topliss-reactive ketones (excluding diaryl/α,β-unsaturated/α-hetero) is 1. The van der Waals surface area contributed by atoms with Crippen molar-refractivity contribution in [3.05, 3.63) is 64.4 Å². The summed E-state index contributed by atoms with van der Waals surface area (Å²) in [7, 11) is 0. The van der Waals surface area contributed by atoms with Gasteiger partial charge in [-0.2, -0.15) is 5.10 Å². The summed E-state index contributed by atoms with van der Waals surface area (Å²) in [5.74, 6) is -3.11. The average molecular weight is 1320 g/mol. The number of anilines is 1. The lowest BCUT2D eigenvalue weighted by Gasteiger charge is -2.27. The van der Waals surface area contributed by atoms with Crippen LogP contribution in [0.5, 0.6) is 0 Å². The fraction of sp³-hybridized carbons (Fsp3) is 0.603. The standard InChI is InChI=1S/C63H88BrN11O15/c1-42-19-23-51(64)71-61(42)72-62(84)60-47-34-45(47)38-74(60)57(81)39-75-50-22-20-44(33-48(50)59(73-75)43(2)76)46-35-67-52(68-36-46)37-69-56(80)41-90-32-30-88-28-26-66-55(79)40-89-31-29-87-27-25-65-53(77)24-21-49(63(85)86)70-54(78)17-15-13-11-9-7-5-3-4-6-8-10-12-14-16-18-58(82)83/h19-20,22-23,33,35-36,45,47,49,60H,3-18,21,24-32,34,37-41H2,1-2H3,(H,65,77)(H,66,79)(H,69,80)(H,70,78)(H,82,83)(H,85,86)(H,71,72,84)/t45-,47-,49+,60+/m1/s1. The van der Waals surface area contributed by atoms with Crippen molar-refractivity contribution < 1.29 is 72.3 Å². The van der Waals surface area contributed by atoms with Crippen LogP contribution in [0.1, 0.15) is 151 Å². The number of likely N-dealkylation sites (tertiary alicyclic amines) is 1. The third-order valence-electron chi connectivity index (χ3n) is 15.6. The number of hydrogen-bond donors (Lipinski definition) is 7. The van der Waals surface area contributed by atoms with Gasteiger partial charge in [0.1, 0.15) is 53.8 Å². The molecule has 0 bridgehead atoms. The molecule has 26 nitrogen and oxygen atoms in total. The van der Waals surface area contributed by atoms with Crippen molar-refractivity contribution >= 4 is 85.8 Å².